The molecule has 6 rings (SSSR count). The van der Waals surface area contributed by atoms with E-state index in [2.05, 4.69) is 37.7 Å². The van der Waals surface area contributed by atoms with Crippen LogP contribution in [0, 0.1) is 12.8 Å². The van der Waals surface area contributed by atoms with Crippen LogP contribution in [-0.4, -0.2) is 64.4 Å². The molecule has 0 radical (unpaired) electrons. The summed E-state index contributed by atoms with van der Waals surface area (Å²) in [5.41, 5.74) is 3.23. The van der Waals surface area contributed by atoms with Gasteiger partial charge in [-0.05, 0) is 79.9 Å². The molecule has 1 saturated heterocycles. The second-order valence-electron chi connectivity index (χ2n) is 11.5. The Morgan fingerprint density at radius 1 is 0.911 bits per heavy atom. The second-order valence-corrected chi connectivity index (χ2v) is 12.5. The summed E-state index contributed by atoms with van der Waals surface area (Å²) in [5, 5.41) is 8.70. The van der Waals surface area contributed by atoms with Crippen LogP contribution < -0.4 is 16.0 Å². The Labute approximate surface area is 262 Å². The molecule has 0 unspecified atom stereocenters. The zero-order valence-electron chi connectivity index (χ0n) is 25.0. The first-order valence-corrected chi connectivity index (χ1v) is 15.8. The number of aryl methyl sites for hydroxylation is 1. The number of likely N-dealkylation sites (N-methyl/N-ethyl adjacent to an activating group) is 1. The van der Waals surface area contributed by atoms with Crippen molar-refractivity contribution >= 4 is 50.1 Å². The molecule has 2 aliphatic rings. The maximum absolute atomic E-state index is 13.8. The molecule has 2 fully saturated rings. The van der Waals surface area contributed by atoms with Crippen LogP contribution in [0.4, 0.5) is 34.5 Å². The quantitative estimate of drug-likeness (QED) is 0.196. The highest BCUT2D eigenvalue weighted by atomic mass is 32.1. The number of pyridine rings is 1. The zero-order valence-corrected chi connectivity index (χ0v) is 25.8. The van der Waals surface area contributed by atoms with Crippen molar-refractivity contribution in [2.75, 3.05) is 48.7 Å². The van der Waals surface area contributed by atoms with Crippen molar-refractivity contribution in [1.29, 1.82) is 0 Å². The van der Waals surface area contributed by atoms with Gasteiger partial charge in [-0.1, -0.05) is 24.3 Å². The van der Waals surface area contributed by atoms with Gasteiger partial charge in [0.25, 0.3) is 0 Å². The van der Waals surface area contributed by atoms with Crippen molar-refractivity contribution in [2.24, 2.45) is 5.92 Å². The average molecular weight is 638 g/mol. The molecule has 0 atom stereocenters. The predicted molar refractivity (Wildman–Crippen MR) is 170 cm³/mol. The Bertz CT molecular complexity index is 1730. The van der Waals surface area contributed by atoms with E-state index in [0.717, 1.165) is 68.8 Å². The maximum atomic E-state index is 13.8. The Morgan fingerprint density at radius 2 is 1.64 bits per heavy atom. The van der Waals surface area contributed by atoms with Gasteiger partial charge in [-0.15, -0.1) is 0 Å². The minimum atomic E-state index is -4.55. The number of nitrogens with one attached hydrogen (secondary N) is 3. The molecule has 236 valence electrons. The number of thiazole rings is 1. The van der Waals surface area contributed by atoms with Gasteiger partial charge in [-0.3, -0.25) is 9.69 Å². The van der Waals surface area contributed by atoms with Gasteiger partial charge in [-0.25, -0.2) is 14.8 Å². The largest absolute Gasteiger partial charge is 0.416 e. The lowest BCUT2D eigenvalue weighted by Crippen LogP contribution is -2.45. The third kappa shape index (κ3) is 7.60. The normalized spacial score (nSPS) is 16.1. The van der Waals surface area contributed by atoms with Gasteiger partial charge in [0.1, 0.15) is 10.3 Å². The SMILES string of the molecule is CCN1CCN(Cc2cc(NC(=O)Nc3ccc(C)c(-c4ccc5nc(NC(=O)C6CC6)sc5n4)c3)cc(C(F)(F)F)c2)CC1. The molecule has 3 N–H and O–H groups in total. The lowest BCUT2D eigenvalue weighted by Gasteiger charge is -2.34. The molecule has 9 nitrogen and oxygen atoms in total. The van der Waals surface area contributed by atoms with E-state index in [1.807, 2.05) is 25.1 Å². The number of carbonyl (C=O) groups excluding carboxylic acids is 2. The number of anilines is 3. The number of alkyl halides is 3. The topological polar surface area (TPSA) is 102 Å². The lowest BCUT2D eigenvalue weighted by atomic mass is 10.0. The van der Waals surface area contributed by atoms with E-state index < -0.39 is 17.8 Å². The van der Waals surface area contributed by atoms with Crippen LogP contribution in [0.2, 0.25) is 0 Å². The summed E-state index contributed by atoms with van der Waals surface area (Å²) < 4.78 is 41.3. The van der Waals surface area contributed by atoms with E-state index in [9.17, 15) is 22.8 Å². The summed E-state index contributed by atoms with van der Waals surface area (Å²) in [4.78, 5) is 39.4. The molecule has 0 spiro atoms. The van der Waals surface area contributed by atoms with Crippen LogP contribution in [0.15, 0.2) is 48.5 Å². The van der Waals surface area contributed by atoms with Crippen LogP contribution in [0.3, 0.4) is 0 Å². The Morgan fingerprint density at radius 3 is 2.36 bits per heavy atom. The number of nitrogens with zero attached hydrogens (tertiary/aromatic N) is 4. The minimum absolute atomic E-state index is 0.0194. The fraction of sp³-hybridized carbons (Fsp3) is 0.375. The van der Waals surface area contributed by atoms with E-state index in [1.165, 1.54) is 11.3 Å². The van der Waals surface area contributed by atoms with Gasteiger partial charge < -0.3 is 20.9 Å². The van der Waals surface area contributed by atoms with E-state index in [1.54, 1.807) is 18.2 Å². The van der Waals surface area contributed by atoms with Crippen molar-refractivity contribution in [3.05, 3.63) is 65.2 Å². The summed E-state index contributed by atoms with van der Waals surface area (Å²) in [6.07, 6.45) is -2.75. The number of halogens is 3. The average Bonchev–Trinajstić information content (AvgIpc) is 3.78. The number of urea groups is 1. The van der Waals surface area contributed by atoms with Crippen molar-refractivity contribution in [1.82, 2.24) is 19.8 Å². The molecular formula is C32H34F3N7O2S. The molecule has 4 aromatic rings. The predicted octanol–water partition coefficient (Wildman–Crippen LogP) is 6.82. The fourth-order valence-corrected chi connectivity index (χ4v) is 6.22. The van der Waals surface area contributed by atoms with Crippen molar-refractivity contribution in [3.63, 3.8) is 0 Å². The maximum Gasteiger partial charge on any atom is 0.416 e. The minimum Gasteiger partial charge on any atom is -0.308 e. The van der Waals surface area contributed by atoms with Crippen LogP contribution in [0.5, 0.6) is 0 Å². The van der Waals surface area contributed by atoms with Crippen LogP contribution in [0.1, 0.15) is 36.5 Å². The molecule has 2 aromatic carbocycles. The number of aromatic nitrogens is 2. The molecule has 1 aliphatic carbocycles. The molecular weight excluding hydrogens is 603 g/mol. The second kappa shape index (κ2) is 12.7. The van der Waals surface area contributed by atoms with Crippen LogP contribution in [-0.2, 0) is 17.5 Å². The summed E-state index contributed by atoms with van der Waals surface area (Å²) >= 11 is 1.30. The smallest absolute Gasteiger partial charge is 0.308 e. The first-order valence-electron chi connectivity index (χ1n) is 15.0. The Balaban J connectivity index is 1.16. The van der Waals surface area contributed by atoms with Crippen molar-refractivity contribution in [2.45, 2.75) is 39.4 Å². The lowest BCUT2D eigenvalue weighted by molar-refractivity contribution is -0.137. The van der Waals surface area contributed by atoms with Gasteiger partial charge in [-0.2, -0.15) is 13.2 Å². The van der Waals surface area contributed by atoms with Crippen LogP contribution >= 0.6 is 11.3 Å². The molecule has 2 aromatic heterocycles. The molecule has 1 aliphatic heterocycles. The number of benzene rings is 2. The first kappa shape index (κ1) is 30.9. The molecule has 3 heterocycles. The third-order valence-corrected chi connectivity index (χ3v) is 8.98. The summed E-state index contributed by atoms with van der Waals surface area (Å²) in [5.74, 6) is 0.0482. The Kier molecular flexibility index (Phi) is 8.76. The third-order valence-electron chi connectivity index (χ3n) is 8.10. The summed E-state index contributed by atoms with van der Waals surface area (Å²) in [6, 6.07) is 12.0. The molecule has 45 heavy (non-hydrogen) atoms. The molecule has 13 heteroatoms. The number of piperazine rings is 1. The van der Waals surface area contributed by atoms with E-state index in [4.69, 9.17) is 4.98 Å². The van der Waals surface area contributed by atoms with Gasteiger partial charge in [0, 0.05) is 55.6 Å². The van der Waals surface area contributed by atoms with Crippen molar-refractivity contribution in [3.8, 4) is 11.3 Å². The zero-order chi connectivity index (χ0) is 31.7. The highest BCUT2D eigenvalue weighted by Gasteiger charge is 2.32. The standard InChI is InChI=1S/C32H34F3N7O2S/c1-3-41-10-12-42(13-11-41)18-20-14-22(32(33,34)35)16-24(15-20)37-30(44)36-23-7-4-19(2)25(17-23)26-8-9-27-29(38-26)45-31(39-27)40-28(43)21-5-6-21/h4,7-9,14-17,21H,3,5-6,10-13,18H2,1-2H3,(H2,36,37,44)(H,39,40,43). The number of fused-ring (bicyclic) bond motifs is 1. The number of hydrogen-bond donors (Lipinski definition) is 3. The fourth-order valence-electron chi connectivity index (χ4n) is 5.38. The van der Waals surface area contributed by atoms with E-state index in [-0.39, 0.29) is 17.5 Å². The van der Waals surface area contributed by atoms with Gasteiger partial charge in [0.05, 0.1) is 11.3 Å². The van der Waals surface area contributed by atoms with E-state index in [0.29, 0.717) is 39.0 Å². The van der Waals surface area contributed by atoms with E-state index >= 15 is 0 Å². The number of carbonyl (C=O) groups is 2. The van der Waals surface area contributed by atoms with Crippen LogP contribution in [0.25, 0.3) is 21.6 Å². The summed E-state index contributed by atoms with van der Waals surface area (Å²) in [7, 11) is 0. The van der Waals surface area contributed by atoms with Gasteiger partial charge in [0.15, 0.2) is 5.13 Å². The molecule has 3 amide bonds. The van der Waals surface area contributed by atoms with Gasteiger partial charge in [0.2, 0.25) is 5.91 Å². The number of rotatable bonds is 8. The highest BCUT2D eigenvalue weighted by molar-refractivity contribution is 7.22. The summed E-state index contributed by atoms with van der Waals surface area (Å²) in [6.45, 7) is 8.61. The molecule has 1 saturated carbocycles. The van der Waals surface area contributed by atoms with Crippen molar-refractivity contribution < 1.29 is 22.8 Å². The number of hydrogen-bond acceptors (Lipinski definition) is 7. The number of amides is 3. The highest BCUT2D eigenvalue weighted by Crippen LogP contribution is 2.34. The molecule has 0 bridgehead atoms. The first-order chi connectivity index (χ1) is 21.5. The monoisotopic (exact) mass is 637 g/mol. The van der Waals surface area contributed by atoms with Gasteiger partial charge >= 0.3 is 12.2 Å². The Hall–Kier alpha value is -4.07.